The van der Waals surface area contributed by atoms with Crippen molar-refractivity contribution in [3.63, 3.8) is 0 Å². The molecule has 0 unspecified atom stereocenters. The largest absolute Gasteiger partial charge is 0.496 e. The number of aliphatic carboxylic acids is 1. The van der Waals surface area contributed by atoms with Crippen molar-refractivity contribution < 1.29 is 27.8 Å². The smallest absolute Gasteiger partial charge is 0.329 e. The molecule has 1 aliphatic rings. The summed E-state index contributed by atoms with van der Waals surface area (Å²) in [4.78, 5) is 13.2. The second kappa shape index (κ2) is 10.6. The predicted octanol–water partition coefficient (Wildman–Crippen LogP) is 4.81. The highest BCUT2D eigenvalue weighted by atomic mass is 32.2. The summed E-state index contributed by atoms with van der Waals surface area (Å²) < 4.78 is 38.3. The maximum atomic E-state index is 13.7. The lowest BCUT2D eigenvalue weighted by Gasteiger charge is -2.36. The SMILES string of the molecule is CCCC[C@]1(CC)CN(c2ccccc2)c2cc(OC)c(COCC(=O)O)cc2S(=O)(=O)C1. The Morgan fingerprint density at radius 1 is 1.18 bits per heavy atom. The van der Waals surface area contributed by atoms with Crippen LogP contribution in [0.5, 0.6) is 5.75 Å². The van der Waals surface area contributed by atoms with Crippen molar-refractivity contribution in [1.82, 2.24) is 0 Å². The summed E-state index contributed by atoms with van der Waals surface area (Å²) in [6.45, 7) is 4.23. The van der Waals surface area contributed by atoms with Gasteiger partial charge in [0.25, 0.3) is 0 Å². The maximum absolute atomic E-state index is 13.7. The van der Waals surface area contributed by atoms with Crippen LogP contribution >= 0.6 is 0 Å². The van der Waals surface area contributed by atoms with Gasteiger partial charge in [-0.15, -0.1) is 0 Å². The number of ether oxygens (including phenoxy) is 2. The van der Waals surface area contributed by atoms with Gasteiger partial charge in [-0.3, -0.25) is 0 Å². The Morgan fingerprint density at radius 2 is 1.91 bits per heavy atom. The lowest BCUT2D eigenvalue weighted by Crippen LogP contribution is -2.37. The summed E-state index contributed by atoms with van der Waals surface area (Å²) in [7, 11) is -2.12. The van der Waals surface area contributed by atoms with E-state index in [0.29, 0.717) is 23.5 Å². The fraction of sp³-hybridized carbons (Fsp3) is 0.480. The van der Waals surface area contributed by atoms with Gasteiger partial charge in [0.15, 0.2) is 9.84 Å². The molecular formula is C25H33NO6S. The van der Waals surface area contributed by atoms with Crippen LogP contribution in [0.15, 0.2) is 47.4 Å². The second-order valence-corrected chi connectivity index (χ2v) is 10.6. The van der Waals surface area contributed by atoms with E-state index < -0.39 is 27.8 Å². The zero-order valence-electron chi connectivity index (χ0n) is 19.5. The van der Waals surface area contributed by atoms with Crippen molar-refractivity contribution >= 4 is 27.2 Å². The van der Waals surface area contributed by atoms with E-state index in [0.717, 1.165) is 31.4 Å². The highest BCUT2D eigenvalue weighted by molar-refractivity contribution is 7.91. The Morgan fingerprint density at radius 3 is 2.52 bits per heavy atom. The molecular weight excluding hydrogens is 442 g/mol. The number of anilines is 2. The minimum atomic E-state index is -3.63. The Balaban J connectivity index is 2.18. The molecule has 0 radical (unpaired) electrons. The molecule has 0 spiro atoms. The fourth-order valence-electron chi connectivity index (χ4n) is 4.48. The van der Waals surface area contributed by atoms with Crippen molar-refractivity contribution in [2.45, 2.75) is 51.0 Å². The van der Waals surface area contributed by atoms with E-state index >= 15 is 0 Å². The van der Waals surface area contributed by atoms with Crippen LogP contribution in [0.4, 0.5) is 11.4 Å². The molecule has 1 aliphatic heterocycles. The van der Waals surface area contributed by atoms with E-state index in [1.165, 1.54) is 7.11 Å². The van der Waals surface area contributed by atoms with Gasteiger partial charge in [-0.25, -0.2) is 13.2 Å². The van der Waals surface area contributed by atoms with Crippen LogP contribution in [0.25, 0.3) is 0 Å². The molecule has 0 fully saturated rings. The molecule has 7 nitrogen and oxygen atoms in total. The molecule has 1 N–H and O–H groups in total. The molecule has 33 heavy (non-hydrogen) atoms. The van der Waals surface area contributed by atoms with E-state index in [1.807, 2.05) is 30.3 Å². The minimum Gasteiger partial charge on any atom is -0.496 e. The van der Waals surface area contributed by atoms with Crippen molar-refractivity contribution in [2.24, 2.45) is 5.41 Å². The van der Waals surface area contributed by atoms with E-state index in [1.54, 1.807) is 12.1 Å². The van der Waals surface area contributed by atoms with Gasteiger partial charge < -0.3 is 19.5 Å². The normalized spacial score (nSPS) is 19.5. The number of fused-ring (bicyclic) bond motifs is 1. The topological polar surface area (TPSA) is 93.1 Å². The molecule has 3 rings (SSSR count). The predicted molar refractivity (Wildman–Crippen MR) is 128 cm³/mol. The number of unbranched alkanes of at least 4 members (excludes halogenated alkanes) is 1. The van der Waals surface area contributed by atoms with Crippen molar-refractivity contribution in [2.75, 3.05) is 30.9 Å². The number of carboxylic acids is 1. The van der Waals surface area contributed by atoms with E-state index in [4.69, 9.17) is 14.6 Å². The number of rotatable bonds is 10. The number of hydrogen-bond donors (Lipinski definition) is 1. The third-order valence-corrected chi connectivity index (χ3v) is 8.33. The molecule has 0 bridgehead atoms. The third kappa shape index (κ3) is 5.68. The first kappa shape index (κ1) is 25.1. The van der Waals surface area contributed by atoms with E-state index in [9.17, 15) is 13.2 Å². The first-order valence-electron chi connectivity index (χ1n) is 11.3. The summed E-state index contributed by atoms with van der Waals surface area (Å²) >= 11 is 0. The molecule has 2 aromatic rings. The average molecular weight is 476 g/mol. The number of benzene rings is 2. The number of carboxylic acid groups (broad SMARTS) is 1. The molecule has 0 saturated heterocycles. The Kier molecular flexibility index (Phi) is 8.02. The van der Waals surface area contributed by atoms with Crippen LogP contribution in [-0.2, 0) is 26.0 Å². The lowest BCUT2D eigenvalue weighted by molar-refractivity contribution is -0.142. The van der Waals surface area contributed by atoms with Crippen LogP contribution in [0, 0.1) is 5.41 Å². The molecule has 0 amide bonds. The molecule has 0 saturated carbocycles. The molecule has 0 aromatic heterocycles. The van der Waals surface area contributed by atoms with Crippen LogP contribution in [-0.4, -0.2) is 45.5 Å². The number of para-hydroxylation sites is 1. The summed E-state index contributed by atoms with van der Waals surface area (Å²) in [5, 5.41) is 8.89. The average Bonchev–Trinajstić information content (AvgIpc) is 2.90. The van der Waals surface area contributed by atoms with E-state index in [2.05, 4.69) is 18.7 Å². The van der Waals surface area contributed by atoms with Gasteiger partial charge in [-0.05, 0) is 31.0 Å². The van der Waals surface area contributed by atoms with Crippen LogP contribution in [0.2, 0.25) is 0 Å². The van der Waals surface area contributed by atoms with Gasteiger partial charge in [0.05, 0.1) is 30.1 Å². The third-order valence-electron chi connectivity index (χ3n) is 6.34. The molecule has 180 valence electrons. The summed E-state index contributed by atoms with van der Waals surface area (Å²) in [6, 6.07) is 13.1. The molecule has 0 aliphatic carbocycles. The van der Waals surface area contributed by atoms with E-state index in [-0.39, 0.29) is 17.3 Å². The summed E-state index contributed by atoms with van der Waals surface area (Å²) in [5.41, 5.74) is 1.61. The van der Waals surface area contributed by atoms with Gasteiger partial charge in [0, 0.05) is 29.3 Å². The fourth-order valence-corrected chi connectivity index (χ4v) is 6.69. The first-order chi connectivity index (χ1) is 15.7. The highest BCUT2D eigenvalue weighted by Gasteiger charge is 2.41. The number of nitrogens with zero attached hydrogens (tertiary/aromatic N) is 1. The van der Waals surface area contributed by atoms with Gasteiger partial charge in [-0.1, -0.05) is 44.9 Å². The maximum Gasteiger partial charge on any atom is 0.329 e. The van der Waals surface area contributed by atoms with Crippen molar-refractivity contribution in [3.8, 4) is 5.75 Å². The van der Waals surface area contributed by atoms with Gasteiger partial charge in [0.2, 0.25) is 0 Å². The minimum absolute atomic E-state index is 0.0572. The Bertz CT molecular complexity index is 1070. The van der Waals surface area contributed by atoms with Gasteiger partial charge in [0.1, 0.15) is 12.4 Å². The van der Waals surface area contributed by atoms with Crippen LogP contribution in [0.1, 0.15) is 45.1 Å². The summed E-state index contributed by atoms with van der Waals surface area (Å²) in [6.07, 6.45) is 3.52. The quantitative estimate of drug-likeness (QED) is 0.527. The summed E-state index contributed by atoms with van der Waals surface area (Å²) in [5.74, 6) is -0.558. The number of carbonyl (C=O) groups is 1. The van der Waals surface area contributed by atoms with Crippen molar-refractivity contribution in [3.05, 3.63) is 48.0 Å². The van der Waals surface area contributed by atoms with Gasteiger partial charge >= 0.3 is 5.97 Å². The highest BCUT2D eigenvalue weighted by Crippen LogP contribution is 2.46. The van der Waals surface area contributed by atoms with Crippen LogP contribution < -0.4 is 9.64 Å². The first-order valence-corrected chi connectivity index (χ1v) is 13.0. The second-order valence-electron chi connectivity index (χ2n) is 8.66. The van der Waals surface area contributed by atoms with Crippen LogP contribution in [0.3, 0.4) is 0 Å². The molecule has 1 heterocycles. The molecule has 1 atom stereocenters. The Hall–Kier alpha value is -2.58. The molecule has 2 aromatic carbocycles. The monoisotopic (exact) mass is 475 g/mol. The Labute approximate surface area is 196 Å². The number of methoxy groups -OCH3 is 1. The van der Waals surface area contributed by atoms with Gasteiger partial charge in [-0.2, -0.15) is 0 Å². The standard InChI is InChI=1S/C25H33NO6S/c1-4-6-12-25(5-2)17-26(20-10-8-7-9-11-20)21-14-22(31-3)19(15-32-16-24(27)28)13-23(21)33(29,30)18-25/h7-11,13-14H,4-6,12,15-18H2,1-3H3,(H,27,28)/t25-/m1/s1. The zero-order valence-corrected chi connectivity index (χ0v) is 20.4. The molecule has 8 heteroatoms. The zero-order chi connectivity index (χ0) is 24.1. The number of hydrogen-bond acceptors (Lipinski definition) is 6. The van der Waals surface area contributed by atoms with Crippen molar-refractivity contribution in [1.29, 1.82) is 0 Å². The number of sulfone groups is 1. The lowest BCUT2D eigenvalue weighted by atomic mass is 9.81.